The molecule has 0 fully saturated rings. The van der Waals surface area contributed by atoms with Crippen molar-refractivity contribution >= 4 is 33.0 Å². The van der Waals surface area contributed by atoms with Gasteiger partial charge in [-0.05, 0) is 50.2 Å². The summed E-state index contributed by atoms with van der Waals surface area (Å²) in [4.78, 5) is 14.0. The molecule has 0 heterocycles. The molecule has 0 saturated heterocycles. The number of nitrogens with zero attached hydrogens (tertiary/aromatic N) is 1. The predicted octanol–water partition coefficient (Wildman–Crippen LogP) is 2.43. The molecule has 5 nitrogen and oxygen atoms in total. The van der Waals surface area contributed by atoms with Gasteiger partial charge in [0.05, 0.1) is 12.3 Å². The monoisotopic (exact) mass is 346 g/mol. The number of hydrogen-bond acceptors (Lipinski definition) is 4. The third kappa shape index (κ3) is 8.36. The molecule has 0 unspecified atom stereocenters. The highest BCUT2D eigenvalue weighted by atomic mass is 35.5. The highest BCUT2D eigenvalue weighted by Gasteiger charge is 2.11. The number of hydrogen-bond donors (Lipinski definition) is 1. The van der Waals surface area contributed by atoms with Crippen LogP contribution >= 0.6 is 11.6 Å². The Labute approximate surface area is 137 Å². The summed E-state index contributed by atoms with van der Waals surface area (Å²) < 4.78 is 22.3. The van der Waals surface area contributed by atoms with Gasteiger partial charge in [-0.15, -0.1) is 0 Å². The molecule has 1 amide bonds. The minimum atomic E-state index is -2.96. The molecular formula is C15H23ClN2O3S. The van der Waals surface area contributed by atoms with Crippen molar-refractivity contribution in [1.82, 2.24) is 4.90 Å². The van der Waals surface area contributed by atoms with Crippen molar-refractivity contribution < 1.29 is 13.2 Å². The van der Waals surface area contributed by atoms with E-state index in [1.165, 1.54) is 6.26 Å². The summed E-state index contributed by atoms with van der Waals surface area (Å²) in [5.41, 5.74) is 0.696. The number of carbonyl (C=O) groups excluding carboxylic acids is 1. The molecule has 0 atom stereocenters. The van der Waals surface area contributed by atoms with Gasteiger partial charge in [0.25, 0.3) is 0 Å². The lowest BCUT2D eigenvalue weighted by molar-refractivity contribution is -0.117. The molecule has 0 aromatic heterocycles. The van der Waals surface area contributed by atoms with Gasteiger partial charge in [-0.2, -0.15) is 0 Å². The predicted molar refractivity (Wildman–Crippen MR) is 91.1 cm³/mol. The van der Waals surface area contributed by atoms with Crippen LogP contribution in [0, 0.1) is 0 Å². The average Bonchev–Trinajstić information content (AvgIpc) is 2.40. The molecule has 124 valence electrons. The molecule has 0 spiro atoms. The van der Waals surface area contributed by atoms with Gasteiger partial charge in [-0.1, -0.05) is 18.5 Å². The number of carbonyl (C=O) groups is 1. The maximum Gasteiger partial charge on any atom is 0.238 e. The van der Waals surface area contributed by atoms with Crippen LogP contribution in [0.4, 0.5) is 5.69 Å². The van der Waals surface area contributed by atoms with Crippen molar-refractivity contribution in [3.63, 3.8) is 0 Å². The Morgan fingerprint density at radius 3 is 2.41 bits per heavy atom. The quantitative estimate of drug-likeness (QED) is 0.745. The van der Waals surface area contributed by atoms with Crippen molar-refractivity contribution in [2.24, 2.45) is 0 Å². The maximum absolute atomic E-state index is 12.0. The highest BCUT2D eigenvalue weighted by molar-refractivity contribution is 7.90. The van der Waals surface area contributed by atoms with Crippen LogP contribution in [0.25, 0.3) is 0 Å². The first-order chi connectivity index (χ1) is 10.3. The van der Waals surface area contributed by atoms with Crippen molar-refractivity contribution in [3.8, 4) is 0 Å². The lowest BCUT2D eigenvalue weighted by Crippen LogP contribution is -2.35. The fraction of sp³-hybridized carbons (Fsp3) is 0.533. The molecule has 1 N–H and O–H groups in total. The molecule has 0 saturated carbocycles. The van der Waals surface area contributed by atoms with Crippen LogP contribution in [0.5, 0.6) is 0 Å². The van der Waals surface area contributed by atoms with E-state index in [2.05, 4.69) is 5.32 Å². The number of nitrogens with one attached hydrogen (secondary N) is 1. The fourth-order valence-electron chi connectivity index (χ4n) is 2.07. The second-order valence-electron chi connectivity index (χ2n) is 5.31. The average molecular weight is 347 g/mol. The van der Waals surface area contributed by atoms with Crippen LogP contribution < -0.4 is 5.32 Å². The summed E-state index contributed by atoms with van der Waals surface area (Å²) in [7, 11) is -2.96. The van der Waals surface area contributed by atoms with Crippen LogP contribution in [0.2, 0.25) is 5.02 Å². The van der Waals surface area contributed by atoms with E-state index in [0.717, 1.165) is 13.0 Å². The maximum atomic E-state index is 12.0. The van der Waals surface area contributed by atoms with Gasteiger partial charge in [0.15, 0.2) is 0 Å². The second-order valence-corrected chi connectivity index (χ2v) is 8.01. The smallest absolute Gasteiger partial charge is 0.238 e. The Morgan fingerprint density at radius 2 is 1.86 bits per heavy atom. The summed E-state index contributed by atoms with van der Waals surface area (Å²) in [6, 6.07) is 6.92. The Kier molecular flexibility index (Phi) is 7.85. The molecule has 0 aliphatic carbocycles. The van der Waals surface area contributed by atoms with Crippen LogP contribution in [0.1, 0.15) is 19.8 Å². The highest BCUT2D eigenvalue weighted by Crippen LogP contribution is 2.13. The first-order valence-corrected chi connectivity index (χ1v) is 9.69. The molecule has 0 aliphatic rings. The fourth-order valence-corrected chi connectivity index (χ4v) is 2.85. The zero-order chi connectivity index (χ0) is 16.6. The molecule has 1 aromatic rings. The number of benzene rings is 1. The van der Waals surface area contributed by atoms with Crippen molar-refractivity contribution in [3.05, 3.63) is 29.3 Å². The number of halogens is 1. The van der Waals surface area contributed by atoms with E-state index in [1.807, 2.05) is 11.8 Å². The van der Waals surface area contributed by atoms with Crippen LogP contribution in [-0.2, 0) is 14.6 Å². The normalized spacial score (nSPS) is 11.6. The second kappa shape index (κ2) is 9.12. The topological polar surface area (TPSA) is 66.5 Å². The molecule has 0 aliphatic heterocycles. The van der Waals surface area contributed by atoms with E-state index in [4.69, 9.17) is 11.6 Å². The SMILES string of the molecule is CCCN(CCCS(C)(=O)=O)CC(=O)Nc1ccc(Cl)cc1. The molecule has 1 rings (SSSR count). The third-order valence-corrected chi connectivity index (χ3v) is 4.31. The van der Waals surface area contributed by atoms with E-state index >= 15 is 0 Å². The van der Waals surface area contributed by atoms with Gasteiger partial charge in [-0.25, -0.2) is 8.42 Å². The van der Waals surface area contributed by atoms with Crippen LogP contribution in [0.3, 0.4) is 0 Å². The van der Waals surface area contributed by atoms with Crippen molar-refractivity contribution in [2.45, 2.75) is 19.8 Å². The Bertz CT molecular complexity index is 573. The first-order valence-electron chi connectivity index (χ1n) is 7.25. The molecule has 1 aromatic carbocycles. The third-order valence-electron chi connectivity index (χ3n) is 3.02. The number of anilines is 1. The van der Waals surface area contributed by atoms with Gasteiger partial charge in [0, 0.05) is 17.0 Å². The number of sulfone groups is 1. The zero-order valence-corrected chi connectivity index (χ0v) is 14.6. The van der Waals surface area contributed by atoms with E-state index in [0.29, 0.717) is 23.7 Å². The Balaban J connectivity index is 2.47. The minimum absolute atomic E-state index is 0.116. The molecule has 7 heteroatoms. The number of amides is 1. The van der Waals surface area contributed by atoms with E-state index in [9.17, 15) is 13.2 Å². The summed E-state index contributed by atoms with van der Waals surface area (Å²) in [5, 5.41) is 3.42. The summed E-state index contributed by atoms with van der Waals surface area (Å²) >= 11 is 5.80. The summed E-state index contributed by atoms with van der Waals surface area (Å²) in [5.74, 6) is 0.0292. The van der Waals surface area contributed by atoms with Gasteiger partial charge >= 0.3 is 0 Å². The van der Waals surface area contributed by atoms with Crippen LogP contribution in [0.15, 0.2) is 24.3 Å². The molecule has 0 bridgehead atoms. The first kappa shape index (κ1) is 18.9. The largest absolute Gasteiger partial charge is 0.325 e. The molecule has 22 heavy (non-hydrogen) atoms. The lowest BCUT2D eigenvalue weighted by atomic mass is 10.3. The van der Waals surface area contributed by atoms with Crippen molar-refractivity contribution in [1.29, 1.82) is 0 Å². The lowest BCUT2D eigenvalue weighted by Gasteiger charge is -2.20. The van der Waals surface area contributed by atoms with E-state index < -0.39 is 9.84 Å². The Hall–Kier alpha value is -1.11. The number of rotatable bonds is 9. The van der Waals surface area contributed by atoms with Gasteiger partial charge in [0.1, 0.15) is 9.84 Å². The molecular weight excluding hydrogens is 324 g/mol. The zero-order valence-electron chi connectivity index (χ0n) is 13.0. The van der Waals surface area contributed by atoms with Crippen LogP contribution in [-0.4, -0.2) is 50.9 Å². The summed E-state index contributed by atoms with van der Waals surface area (Å²) in [6.07, 6.45) is 2.67. The standard InChI is InChI=1S/C15H23ClN2O3S/c1-3-9-18(10-4-11-22(2,20)21)12-15(19)17-14-7-5-13(16)6-8-14/h5-8H,3-4,9-12H2,1-2H3,(H,17,19). The van der Waals surface area contributed by atoms with E-state index in [1.54, 1.807) is 24.3 Å². The Morgan fingerprint density at radius 1 is 1.23 bits per heavy atom. The molecule has 0 radical (unpaired) electrons. The minimum Gasteiger partial charge on any atom is -0.325 e. The van der Waals surface area contributed by atoms with E-state index in [-0.39, 0.29) is 18.2 Å². The van der Waals surface area contributed by atoms with Gasteiger partial charge < -0.3 is 5.32 Å². The summed E-state index contributed by atoms with van der Waals surface area (Å²) in [6.45, 7) is 3.63. The van der Waals surface area contributed by atoms with Gasteiger partial charge in [-0.3, -0.25) is 9.69 Å². The van der Waals surface area contributed by atoms with Crippen molar-refractivity contribution in [2.75, 3.05) is 37.0 Å². The van der Waals surface area contributed by atoms with Gasteiger partial charge in [0.2, 0.25) is 5.91 Å².